The number of para-hydroxylation sites is 1. The summed E-state index contributed by atoms with van der Waals surface area (Å²) in [4.78, 5) is 7.10. The zero-order valence-corrected chi connectivity index (χ0v) is 13.2. The average molecular weight is 305 g/mol. The Balaban J connectivity index is 1.78. The van der Waals surface area contributed by atoms with Gasteiger partial charge >= 0.3 is 0 Å². The minimum atomic E-state index is 0.198. The molecule has 2 atom stereocenters. The molecule has 0 saturated heterocycles. The summed E-state index contributed by atoms with van der Waals surface area (Å²) in [5.41, 5.74) is 3.76. The van der Waals surface area contributed by atoms with E-state index in [1.165, 1.54) is 36.9 Å². The van der Waals surface area contributed by atoms with Gasteiger partial charge in [0.25, 0.3) is 0 Å². The molecule has 3 aromatic rings. The summed E-state index contributed by atoms with van der Waals surface area (Å²) in [5, 5.41) is 8.36. The second kappa shape index (κ2) is 4.54. The zero-order valence-electron chi connectivity index (χ0n) is 13.2. The third-order valence-electron chi connectivity index (χ3n) is 5.68. The first-order chi connectivity index (χ1) is 11.3. The molecule has 0 N–H and O–H groups in total. The lowest BCUT2D eigenvalue weighted by atomic mass is 9.69. The van der Waals surface area contributed by atoms with Crippen LogP contribution in [0.3, 0.4) is 0 Å². The van der Waals surface area contributed by atoms with Crippen molar-refractivity contribution in [3.05, 3.63) is 48.5 Å². The summed E-state index contributed by atoms with van der Waals surface area (Å²) in [6.07, 6.45) is 10.5. The van der Waals surface area contributed by atoms with Crippen LogP contribution >= 0.6 is 0 Å². The fourth-order valence-corrected chi connectivity index (χ4v) is 4.55. The lowest BCUT2D eigenvalue weighted by molar-refractivity contribution is 0.289. The topological polar surface area (TPSA) is 46.3 Å². The minimum Gasteiger partial charge on any atom is -0.319 e. The van der Waals surface area contributed by atoms with Gasteiger partial charge in [-0.25, -0.2) is 4.98 Å². The standard InChI is InChI=1S/C18H19N5/c1-18-9-5-4-8-15(18)23(14-7-3-2-6-13(14)18)16-17-21-20-12-22(17)11-10-19-16/h2-3,6-7,10-12,15H,4-5,8-9H2,1H3/t15-,18-/m0/s1. The summed E-state index contributed by atoms with van der Waals surface area (Å²) in [6, 6.07) is 9.24. The number of hydrogen-bond donors (Lipinski definition) is 0. The highest BCUT2D eigenvalue weighted by atomic mass is 15.3. The van der Waals surface area contributed by atoms with Crippen molar-refractivity contribution in [3.63, 3.8) is 0 Å². The molecule has 116 valence electrons. The number of nitrogens with zero attached hydrogens (tertiary/aromatic N) is 5. The predicted molar refractivity (Wildman–Crippen MR) is 89.0 cm³/mol. The molecule has 3 heterocycles. The third kappa shape index (κ3) is 1.65. The van der Waals surface area contributed by atoms with Crippen LogP contribution in [0.15, 0.2) is 43.0 Å². The van der Waals surface area contributed by atoms with Gasteiger partial charge < -0.3 is 4.90 Å². The molecule has 5 nitrogen and oxygen atoms in total. The Morgan fingerprint density at radius 2 is 2.13 bits per heavy atom. The largest absolute Gasteiger partial charge is 0.319 e. The summed E-state index contributed by atoms with van der Waals surface area (Å²) in [7, 11) is 0. The van der Waals surface area contributed by atoms with E-state index in [4.69, 9.17) is 0 Å². The van der Waals surface area contributed by atoms with Crippen molar-refractivity contribution < 1.29 is 0 Å². The van der Waals surface area contributed by atoms with Crippen LogP contribution in [0, 0.1) is 0 Å². The van der Waals surface area contributed by atoms with E-state index in [2.05, 4.69) is 51.3 Å². The van der Waals surface area contributed by atoms with Gasteiger partial charge in [-0.2, -0.15) is 0 Å². The summed E-state index contributed by atoms with van der Waals surface area (Å²) in [6.45, 7) is 2.42. The van der Waals surface area contributed by atoms with E-state index >= 15 is 0 Å². The average Bonchev–Trinajstić information content (AvgIpc) is 3.15. The Hall–Kier alpha value is -2.43. The third-order valence-corrected chi connectivity index (χ3v) is 5.68. The van der Waals surface area contributed by atoms with Gasteiger partial charge in [-0.3, -0.25) is 4.40 Å². The first-order valence-electron chi connectivity index (χ1n) is 8.32. The molecule has 1 aliphatic carbocycles. The second-order valence-electron chi connectivity index (χ2n) is 6.88. The lowest BCUT2D eigenvalue weighted by Crippen LogP contribution is -2.43. The van der Waals surface area contributed by atoms with Gasteiger partial charge in [0.1, 0.15) is 6.33 Å². The van der Waals surface area contributed by atoms with Crippen molar-refractivity contribution >= 4 is 17.2 Å². The van der Waals surface area contributed by atoms with Crippen molar-refractivity contribution in [2.75, 3.05) is 4.90 Å². The molecule has 1 aliphatic heterocycles. The van der Waals surface area contributed by atoms with E-state index in [1.807, 2.05) is 16.8 Å². The van der Waals surface area contributed by atoms with E-state index in [0.717, 1.165) is 11.5 Å². The van der Waals surface area contributed by atoms with E-state index in [0.29, 0.717) is 6.04 Å². The van der Waals surface area contributed by atoms with Gasteiger partial charge in [-0.05, 0) is 24.5 Å². The molecule has 0 amide bonds. The monoisotopic (exact) mass is 305 g/mol. The molecule has 2 aromatic heterocycles. The fraction of sp³-hybridized carbons (Fsp3) is 0.389. The van der Waals surface area contributed by atoms with Gasteiger partial charge in [0.15, 0.2) is 5.82 Å². The Labute approximate surface area is 135 Å². The normalized spacial score (nSPS) is 26.3. The maximum atomic E-state index is 4.68. The van der Waals surface area contributed by atoms with E-state index in [1.54, 1.807) is 6.33 Å². The lowest BCUT2D eigenvalue weighted by Gasteiger charge is -2.40. The van der Waals surface area contributed by atoms with E-state index in [-0.39, 0.29) is 5.41 Å². The molecule has 1 fully saturated rings. The van der Waals surface area contributed by atoms with Crippen molar-refractivity contribution in [2.45, 2.75) is 44.1 Å². The molecule has 23 heavy (non-hydrogen) atoms. The van der Waals surface area contributed by atoms with Gasteiger partial charge in [0, 0.05) is 29.5 Å². The fourth-order valence-electron chi connectivity index (χ4n) is 4.55. The van der Waals surface area contributed by atoms with Crippen molar-refractivity contribution in [2.24, 2.45) is 0 Å². The molecule has 5 rings (SSSR count). The molecular formula is C18H19N5. The first kappa shape index (κ1) is 13.0. The van der Waals surface area contributed by atoms with Crippen LogP contribution in [-0.4, -0.2) is 25.6 Å². The van der Waals surface area contributed by atoms with E-state index < -0.39 is 0 Å². The van der Waals surface area contributed by atoms with Crippen LogP contribution in [0.1, 0.15) is 38.2 Å². The summed E-state index contributed by atoms with van der Waals surface area (Å²) < 4.78 is 1.95. The second-order valence-corrected chi connectivity index (χ2v) is 6.88. The Morgan fingerprint density at radius 1 is 1.22 bits per heavy atom. The number of rotatable bonds is 1. The van der Waals surface area contributed by atoms with Crippen molar-refractivity contribution in [1.82, 2.24) is 19.6 Å². The van der Waals surface area contributed by atoms with Gasteiger partial charge in [-0.1, -0.05) is 38.0 Å². The van der Waals surface area contributed by atoms with Gasteiger partial charge in [-0.15, -0.1) is 10.2 Å². The number of aromatic nitrogens is 4. The van der Waals surface area contributed by atoms with Crippen LogP contribution in [0.4, 0.5) is 11.5 Å². The molecule has 0 bridgehead atoms. The Kier molecular flexibility index (Phi) is 2.57. The quantitative estimate of drug-likeness (QED) is 0.690. The minimum absolute atomic E-state index is 0.198. The van der Waals surface area contributed by atoms with Crippen LogP contribution in [0.25, 0.3) is 5.65 Å². The van der Waals surface area contributed by atoms with E-state index in [9.17, 15) is 0 Å². The molecule has 0 unspecified atom stereocenters. The zero-order chi connectivity index (χ0) is 15.4. The van der Waals surface area contributed by atoms with Gasteiger partial charge in [0.2, 0.25) is 5.65 Å². The maximum absolute atomic E-state index is 4.68. The maximum Gasteiger partial charge on any atom is 0.204 e. The smallest absolute Gasteiger partial charge is 0.204 e. The predicted octanol–water partition coefficient (Wildman–Crippen LogP) is 3.48. The first-order valence-corrected chi connectivity index (χ1v) is 8.32. The van der Waals surface area contributed by atoms with Crippen LogP contribution in [0.2, 0.25) is 0 Å². The molecule has 5 heteroatoms. The summed E-state index contributed by atoms with van der Waals surface area (Å²) in [5.74, 6) is 0.924. The van der Waals surface area contributed by atoms with Crippen LogP contribution in [-0.2, 0) is 5.41 Å². The number of hydrogen-bond acceptors (Lipinski definition) is 4. The molecule has 0 radical (unpaired) electrons. The number of anilines is 2. The van der Waals surface area contributed by atoms with Crippen LogP contribution in [0.5, 0.6) is 0 Å². The molecule has 2 aliphatic rings. The van der Waals surface area contributed by atoms with Crippen LogP contribution < -0.4 is 4.90 Å². The highest BCUT2D eigenvalue weighted by molar-refractivity contribution is 5.79. The Morgan fingerprint density at radius 3 is 3.09 bits per heavy atom. The van der Waals surface area contributed by atoms with Crippen molar-refractivity contribution in [1.29, 1.82) is 0 Å². The highest BCUT2D eigenvalue weighted by Gasteiger charge is 2.49. The Bertz CT molecular complexity index is 886. The molecule has 0 spiro atoms. The number of fused-ring (bicyclic) bond motifs is 4. The molecular weight excluding hydrogens is 286 g/mol. The summed E-state index contributed by atoms with van der Waals surface area (Å²) >= 11 is 0. The molecule has 1 saturated carbocycles. The number of benzene rings is 1. The van der Waals surface area contributed by atoms with Gasteiger partial charge in [0.05, 0.1) is 0 Å². The van der Waals surface area contributed by atoms with Crippen molar-refractivity contribution in [3.8, 4) is 0 Å². The SMILES string of the molecule is C[C@@]12CCCC[C@@H]1N(c1nccn3cnnc13)c1ccccc12. The molecule has 1 aromatic carbocycles. The highest BCUT2D eigenvalue weighted by Crippen LogP contribution is 2.54.